The van der Waals surface area contributed by atoms with E-state index >= 15 is 0 Å². The van der Waals surface area contributed by atoms with E-state index in [0.29, 0.717) is 6.42 Å². The first kappa shape index (κ1) is 15.5. The van der Waals surface area contributed by atoms with Gasteiger partial charge in [-0.25, -0.2) is 0 Å². The molecular formula is C20H22N2O. The fourth-order valence-electron chi connectivity index (χ4n) is 3.31. The molecule has 118 valence electrons. The van der Waals surface area contributed by atoms with Crippen molar-refractivity contribution in [2.45, 2.75) is 38.8 Å². The molecule has 0 bridgehead atoms. The molecule has 0 fully saturated rings. The zero-order chi connectivity index (χ0) is 16.4. The second kappa shape index (κ2) is 5.99. The summed E-state index contributed by atoms with van der Waals surface area (Å²) in [7, 11) is 0. The molecular weight excluding hydrogens is 284 g/mol. The number of rotatable bonds is 4. The van der Waals surface area contributed by atoms with Gasteiger partial charge in [-0.3, -0.25) is 14.7 Å². The molecule has 0 spiro atoms. The topological polar surface area (TPSA) is 32.7 Å². The number of amides is 1. The molecule has 1 heterocycles. The minimum atomic E-state index is -0.714. The van der Waals surface area contributed by atoms with Crippen molar-refractivity contribution in [2.75, 3.05) is 0 Å². The van der Waals surface area contributed by atoms with Crippen molar-refractivity contribution in [1.29, 1.82) is 0 Å². The molecule has 0 saturated carbocycles. The van der Waals surface area contributed by atoms with E-state index in [1.165, 1.54) is 0 Å². The van der Waals surface area contributed by atoms with Gasteiger partial charge >= 0.3 is 0 Å². The molecule has 2 aromatic carbocycles. The molecule has 0 N–H and O–H groups in total. The van der Waals surface area contributed by atoms with Crippen LogP contribution < -0.4 is 0 Å². The zero-order valence-electron chi connectivity index (χ0n) is 13.9. The van der Waals surface area contributed by atoms with Crippen LogP contribution in [0.3, 0.4) is 0 Å². The van der Waals surface area contributed by atoms with Gasteiger partial charge in [0, 0.05) is 6.42 Å². The smallest absolute Gasteiger partial charge is 0.256 e. The molecule has 0 aromatic heterocycles. The van der Waals surface area contributed by atoms with Crippen LogP contribution in [-0.2, 0) is 11.2 Å². The van der Waals surface area contributed by atoms with Crippen molar-refractivity contribution >= 4 is 11.7 Å². The molecule has 3 rings (SSSR count). The van der Waals surface area contributed by atoms with Gasteiger partial charge in [-0.05, 0) is 31.9 Å². The predicted octanol–water partition coefficient (Wildman–Crippen LogP) is 4.01. The van der Waals surface area contributed by atoms with Crippen LogP contribution in [-0.4, -0.2) is 22.2 Å². The summed E-state index contributed by atoms with van der Waals surface area (Å²) in [5, 5.41) is 0. The number of benzene rings is 2. The summed E-state index contributed by atoms with van der Waals surface area (Å²) in [5.74, 6) is 0.875. The third-order valence-corrected chi connectivity index (χ3v) is 4.50. The average Bonchev–Trinajstić information content (AvgIpc) is 2.77. The number of aliphatic imine (C=N–C) groups is 1. The highest BCUT2D eigenvalue weighted by Crippen LogP contribution is 2.32. The first-order valence-electron chi connectivity index (χ1n) is 8.00. The van der Waals surface area contributed by atoms with E-state index in [4.69, 9.17) is 4.99 Å². The van der Waals surface area contributed by atoms with Crippen molar-refractivity contribution in [3.63, 3.8) is 0 Å². The van der Waals surface area contributed by atoms with E-state index in [1.54, 1.807) is 0 Å². The van der Waals surface area contributed by atoms with Crippen LogP contribution in [0.5, 0.6) is 0 Å². The number of hydrogen-bond acceptors (Lipinski definition) is 2. The number of hydrogen-bond donors (Lipinski definition) is 0. The zero-order valence-corrected chi connectivity index (χ0v) is 13.9. The van der Waals surface area contributed by atoms with E-state index in [-0.39, 0.29) is 11.9 Å². The molecule has 2 atom stereocenters. The lowest BCUT2D eigenvalue weighted by molar-refractivity contribution is -0.132. The summed E-state index contributed by atoms with van der Waals surface area (Å²) >= 11 is 0. The highest BCUT2D eigenvalue weighted by molar-refractivity contribution is 6.07. The quantitative estimate of drug-likeness (QED) is 0.840. The fourth-order valence-corrected chi connectivity index (χ4v) is 3.31. The van der Waals surface area contributed by atoms with Crippen LogP contribution in [0.4, 0.5) is 0 Å². The highest BCUT2D eigenvalue weighted by Gasteiger charge is 2.45. The van der Waals surface area contributed by atoms with E-state index in [2.05, 4.69) is 19.1 Å². The lowest BCUT2D eigenvalue weighted by atomic mass is 9.92. The largest absolute Gasteiger partial charge is 0.291 e. The van der Waals surface area contributed by atoms with E-state index in [9.17, 15) is 4.79 Å². The summed E-state index contributed by atoms with van der Waals surface area (Å²) in [4.78, 5) is 19.6. The second-order valence-electron chi connectivity index (χ2n) is 6.36. The van der Waals surface area contributed by atoms with Crippen molar-refractivity contribution in [2.24, 2.45) is 4.99 Å². The Balaban J connectivity index is 1.86. The number of carbonyl (C=O) groups is 1. The predicted molar refractivity (Wildman–Crippen MR) is 93.4 cm³/mol. The first-order valence-corrected chi connectivity index (χ1v) is 8.00. The van der Waals surface area contributed by atoms with Crippen LogP contribution in [0.2, 0.25) is 0 Å². The molecule has 1 aliphatic rings. The summed E-state index contributed by atoms with van der Waals surface area (Å²) in [6.45, 7) is 5.91. The molecule has 1 aliphatic heterocycles. The number of amidine groups is 1. The van der Waals surface area contributed by atoms with Crippen LogP contribution in [0.1, 0.15) is 37.9 Å². The van der Waals surface area contributed by atoms with E-state index in [1.807, 2.05) is 67.3 Å². The SMILES string of the molecule is CC1=NC(C)(Cc2ccccc2)C(=O)N1C(C)c1ccccc1. The minimum Gasteiger partial charge on any atom is -0.291 e. The molecule has 1 amide bonds. The molecule has 2 unspecified atom stereocenters. The standard InChI is InChI=1S/C20H22N2O/c1-15(18-12-8-5-9-13-18)22-16(2)21-20(3,19(22)23)14-17-10-6-4-7-11-17/h4-13,15H,14H2,1-3H3. The van der Waals surface area contributed by atoms with Crippen LogP contribution >= 0.6 is 0 Å². The van der Waals surface area contributed by atoms with Gasteiger partial charge < -0.3 is 0 Å². The van der Waals surface area contributed by atoms with Gasteiger partial charge in [0.25, 0.3) is 5.91 Å². The summed E-state index contributed by atoms with van der Waals surface area (Å²) < 4.78 is 0. The summed E-state index contributed by atoms with van der Waals surface area (Å²) in [6, 6.07) is 20.2. The molecule has 2 aromatic rings. The van der Waals surface area contributed by atoms with Crippen molar-refractivity contribution < 1.29 is 4.79 Å². The maximum absolute atomic E-state index is 13.1. The van der Waals surface area contributed by atoms with E-state index in [0.717, 1.165) is 17.0 Å². The normalized spacial score (nSPS) is 22.1. The van der Waals surface area contributed by atoms with Gasteiger partial charge in [0.15, 0.2) is 0 Å². The lowest BCUT2D eigenvalue weighted by Gasteiger charge is -2.28. The Labute approximate surface area is 137 Å². The Morgan fingerprint density at radius 3 is 2.22 bits per heavy atom. The first-order chi connectivity index (χ1) is 11.0. The average molecular weight is 306 g/mol. The monoisotopic (exact) mass is 306 g/mol. The van der Waals surface area contributed by atoms with Crippen LogP contribution in [0, 0.1) is 0 Å². The number of carbonyl (C=O) groups excluding carboxylic acids is 1. The summed E-state index contributed by atoms with van der Waals surface area (Å²) in [5.41, 5.74) is 1.54. The Kier molecular flexibility index (Phi) is 4.03. The van der Waals surface area contributed by atoms with Gasteiger partial charge in [-0.2, -0.15) is 0 Å². The maximum Gasteiger partial charge on any atom is 0.256 e. The fraction of sp³-hybridized carbons (Fsp3) is 0.300. The Morgan fingerprint density at radius 1 is 1.04 bits per heavy atom. The molecule has 23 heavy (non-hydrogen) atoms. The molecule has 0 radical (unpaired) electrons. The van der Waals surface area contributed by atoms with Crippen molar-refractivity contribution in [3.8, 4) is 0 Å². The van der Waals surface area contributed by atoms with Crippen LogP contribution in [0.15, 0.2) is 65.7 Å². The third kappa shape index (κ3) is 2.91. The molecule has 0 aliphatic carbocycles. The highest BCUT2D eigenvalue weighted by atomic mass is 16.2. The minimum absolute atomic E-state index is 0.00921. The summed E-state index contributed by atoms with van der Waals surface area (Å²) in [6.07, 6.45) is 0.627. The second-order valence-corrected chi connectivity index (χ2v) is 6.36. The van der Waals surface area contributed by atoms with Crippen LogP contribution in [0.25, 0.3) is 0 Å². The molecule has 3 nitrogen and oxygen atoms in total. The Hall–Kier alpha value is -2.42. The van der Waals surface area contributed by atoms with Gasteiger partial charge in [0.05, 0.1) is 6.04 Å². The maximum atomic E-state index is 13.1. The van der Waals surface area contributed by atoms with Gasteiger partial charge in [-0.15, -0.1) is 0 Å². The third-order valence-electron chi connectivity index (χ3n) is 4.50. The van der Waals surface area contributed by atoms with Gasteiger partial charge in [-0.1, -0.05) is 60.7 Å². The van der Waals surface area contributed by atoms with Gasteiger partial charge in [0.2, 0.25) is 0 Å². The van der Waals surface area contributed by atoms with Crippen molar-refractivity contribution in [1.82, 2.24) is 4.90 Å². The lowest BCUT2D eigenvalue weighted by Crippen LogP contribution is -2.42. The number of nitrogens with zero attached hydrogens (tertiary/aromatic N) is 2. The molecule has 3 heteroatoms. The van der Waals surface area contributed by atoms with Crippen molar-refractivity contribution in [3.05, 3.63) is 71.8 Å². The Morgan fingerprint density at radius 2 is 1.61 bits per heavy atom. The Bertz CT molecular complexity index is 724. The molecule has 0 saturated heterocycles. The van der Waals surface area contributed by atoms with E-state index < -0.39 is 5.54 Å². The van der Waals surface area contributed by atoms with Gasteiger partial charge in [0.1, 0.15) is 11.4 Å².